The maximum atomic E-state index is 12.1. The van der Waals surface area contributed by atoms with Crippen molar-refractivity contribution in [1.82, 2.24) is 15.3 Å². The fourth-order valence-corrected chi connectivity index (χ4v) is 1.86. The summed E-state index contributed by atoms with van der Waals surface area (Å²) in [7, 11) is 0. The van der Waals surface area contributed by atoms with E-state index in [2.05, 4.69) is 25.6 Å². The average molecular weight is 496 g/mol. The molecule has 0 fully saturated rings. The molecule has 0 bridgehead atoms. The second kappa shape index (κ2) is 17.6. The number of aryl methyl sites for hydroxylation is 1. The van der Waals surface area contributed by atoms with Crippen molar-refractivity contribution in [3.8, 4) is 0 Å². The number of hydrogen-bond acceptors (Lipinski definition) is 7. The van der Waals surface area contributed by atoms with Crippen LogP contribution in [0.5, 0.6) is 0 Å². The number of amides is 1. The Bertz CT molecular complexity index is 819. The van der Waals surface area contributed by atoms with Gasteiger partial charge in [-0.3, -0.25) is 0 Å². The van der Waals surface area contributed by atoms with Crippen LogP contribution in [0, 0.1) is 0 Å². The van der Waals surface area contributed by atoms with Crippen molar-refractivity contribution in [3.63, 3.8) is 0 Å². The number of carbonyl (C=O) groups is 3. The standard InChI is InChI=1S/C14H21F3N6O2.C4H4O4.H2O/c1-2-25-13(24)20-7-4-3-5-10-19-8-6-11(22-10)23-12(18)21-9-14(15,16)17;5-3(6)1-2-4(7)8;/h6,8H,2-5,7,9H2,1H3,(H,20,24)(H3,18,19,21,22,23);1-2H,(H,5,6)(H,7,8);1H2. The summed E-state index contributed by atoms with van der Waals surface area (Å²) in [5, 5.41) is 20.7. The van der Waals surface area contributed by atoms with Gasteiger partial charge in [0.25, 0.3) is 0 Å². The molecule has 1 aromatic heterocycles. The number of aromatic nitrogens is 2. The molecule has 1 rings (SSSR count). The molecule has 0 aromatic carbocycles. The molecule has 0 aliphatic carbocycles. The van der Waals surface area contributed by atoms with Crippen LogP contribution in [0.2, 0.25) is 0 Å². The predicted octanol–water partition coefficient (Wildman–Crippen LogP) is 0.721. The van der Waals surface area contributed by atoms with E-state index in [0.717, 1.165) is 0 Å². The van der Waals surface area contributed by atoms with Gasteiger partial charge in [0.1, 0.15) is 18.2 Å². The number of unbranched alkanes of at least 4 members (excludes halogenated alkanes) is 1. The second-order valence-corrected chi connectivity index (χ2v) is 5.91. The summed E-state index contributed by atoms with van der Waals surface area (Å²) in [5.41, 5.74) is 5.38. The number of nitrogens with zero attached hydrogens (tertiary/aromatic N) is 3. The maximum Gasteiger partial charge on any atom is 0.408 e. The highest BCUT2D eigenvalue weighted by Crippen LogP contribution is 2.14. The third-order valence-corrected chi connectivity index (χ3v) is 3.13. The number of halogens is 3. The molecule has 192 valence electrons. The molecule has 0 atom stereocenters. The first-order chi connectivity index (χ1) is 15.4. The summed E-state index contributed by atoms with van der Waals surface area (Å²) < 4.78 is 40.9. The predicted molar refractivity (Wildman–Crippen MR) is 114 cm³/mol. The largest absolute Gasteiger partial charge is 0.478 e. The first-order valence-electron chi connectivity index (χ1n) is 9.43. The summed E-state index contributed by atoms with van der Waals surface area (Å²) >= 11 is 0. The number of nitrogens with one attached hydrogen (secondary N) is 2. The topological polar surface area (TPSA) is 221 Å². The number of aliphatic carboxylic acids is 2. The Morgan fingerprint density at radius 1 is 1.21 bits per heavy atom. The minimum atomic E-state index is -4.42. The van der Waals surface area contributed by atoms with Crippen LogP contribution in [-0.2, 0) is 20.7 Å². The van der Waals surface area contributed by atoms with Crippen LogP contribution in [0.3, 0.4) is 0 Å². The van der Waals surface area contributed by atoms with Gasteiger partial charge in [-0.15, -0.1) is 0 Å². The summed E-state index contributed by atoms with van der Waals surface area (Å²) in [5.74, 6) is -2.12. The molecule has 0 saturated carbocycles. The Kier molecular flexibility index (Phi) is 16.7. The average Bonchev–Trinajstić information content (AvgIpc) is 2.71. The number of rotatable bonds is 10. The molecule has 13 nitrogen and oxygen atoms in total. The summed E-state index contributed by atoms with van der Waals surface area (Å²) in [6, 6.07) is 1.47. The molecule has 0 saturated heterocycles. The number of hydrogen-bond donors (Lipinski definition) is 5. The minimum absolute atomic E-state index is 0. The number of anilines is 1. The smallest absolute Gasteiger partial charge is 0.408 e. The van der Waals surface area contributed by atoms with E-state index in [1.807, 2.05) is 0 Å². The number of carboxylic acid groups (broad SMARTS) is 2. The zero-order valence-corrected chi connectivity index (χ0v) is 18.1. The number of alkyl halides is 3. The lowest BCUT2D eigenvalue weighted by Crippen LogP contribution is -2.26. The third-order valence-electron chi connectivity index (χ3n) is 3.13. The first-order valence-corrected chi connectivity index (χ1v) is 9.43. The summed E-state index contributed by atoms with van der Waals surface area (Å²) in [6.45, 7) is 1.14. The molecule has 0 spiro atoms. The Morgan fingerprint density at radius 2 is 1.82 bits per heavy atom. The Labute approximate surface area is 192 Å². The molecule has 1 aromatic rings. The minimum Gasteiger partial charge on any atom is -0.478 e. The van der Waals surface area contributed by atoms with Crippen LogP contribution in [0.4, 0.5) is 23.8 Å². The van der Waals surface area contributed by atoms with E-state index in [-0.39, 0.29) is 17.3 Å². The SMILES string of the molecule is CCOC(=O)NCCCCc1nccc(NC(N)=NCC(F)(F)F)n1.O.O=C(O)C=CC(=O)O. The third kappa shape index (κ3) is 20.0. The number of ether oxygens (including phenoxy) is 1. The molecule has 0 aliphatic rings. The first kappa shape index (κ1) is 32.2. The lowest BCUT2D eigenvalue weighted by molar-refractivity contribution is -0.134. The van der Waals surface area contributed by atoms with Crippen molar-refractivity contribution in [2.45, 2.75) is 32.4 Å². The van der Waals surface area contributed by atoms with Gasteiger partial charge in [0.15, 0.2) is 5.96 Å². The molecular weight excluding hydrogens is 469 g/mol. The molecule has 0 radical (unpaired) electrons. The molecule has 0 unspecified atom stereocenters. The van der Waals surface area contributed by atoms with Crippen molar-refractivity contribution in [3.05, 3.63) is 30.2 Å². The van der Waals surface area contributed by atoms with Crippen molar-refractivity contribution in [2.24, 2.45) is 10.7 Å². The lowest BCUT2D eigenvalue weighted by Gasteiger charge is -2.08. The highest BCUT2D eigenvalue weighted by molar-refractivity contribution is 5.91. The van der Waals surface area contributed by atoms with Gasteiger partial charge in [0.2, 0.25) is 0 Å². The number of guanidine groups is 1. The lowest BCUT2D eigenvalue weighted by atomic mass is 10.2. The van der Waals surface area contributed by atoms with Crippen LogP contribution in [0.15, 0.2) is 29.4 Å². The molecule has 1 amide bonds. The van der Waals surface area contributed by atoms with Gasteiger partial charge in [0.05, 0.1) is 6.61 Å². The monoisotopic (exact) mass is 496 g/mol. The zero-order valence-electron chi connectivity index (χ0n) is 18.1. The zero-order chi connectivity index (χ0) is 25.3. The Morgan fingerprint density at radius 3 is 2.35 bits per heavy atom. The molecule has 8 N–H and O–H groups in total. The number of aliphatic imine (C=N–C) groups is 1. The highest BCUT2D eigenvalue weighted by Gasteiger charge is 2.26. The second-order valence-electron chi connectivity index (χ2n) is 5.91. The maximum absolute atomic E-state index is 12.1. The van der Waals surface area contributed by atoms with Crippen molar-refractivity contribution < 1.29 is 48.0 Å². The van der Waals surface area contributed by atoms with E-state index in [1.165, 1.54) is 12.3 Å². The molecule has 1 heterocycles. The molecule has 16 heteroatoms. The van der Waals surface area contributed by atoms with Crippen molar-refractivity contribution in [1.29, 1.82) is 0 Å². The molecular formula is C18H27F3N6O7. The Balaban J connectivity index is 0. The van der Waals surface area contributed by atoms with E-state index < -0.39 is 30.8 Å². The van der Waals surface area contributed by atoms with Gasteiger partial charge in [-0.1, -0.05) is 0 Å². The van der Waals surface area contributed by atoms with Crippen molar-refractivity contribution >= 4 is 29.8 Å². The van der Waals surface area contributed by atoms with E-state index in [4.69, 9.17) is 20.7 Å². The number of carbonyl (C=O) groups excluding carboxylic acids is 1. The Hall–Kier alpha value is -3.95. The van der Waals surface area contributed by atoms with Gasteiger partial charge >= 0.3 is 24.2 Å². The number of nitrogens with two attached hydrogens (primary N) is 1. The van der Waals surface area contributed by atoms with E-state index in [1.54, 1.807) is 6.92 Å². The highest BCUT2D eigenvalue weighted by atomic mass is 19.4. The van der Waals surface area contributed by atoms with Crippen molar-refractivity contribution in [2.75, 3.05) is 25.0 Å². The van der Waals surface area contributed by atoms with Gasteiger partial charge in [-0.05, 0) is 25.8 Å². The van der Waals surface area contributed by atoms with E-state index in [0.29, 0.717) is 50.4 Å². The van der Waals surface area contributed by atoms with Gasteiger partial charge in [0, 0.05) is 31.3 Å². The van der Waals surface area contributed by atoms with E-state index >= 15 is 0 Å². The molecule has 0 aliphatic heterocycles. The quantitative estimate of drug-likeness (QED) is 0.132. The molecule has 34 heavy (non-hydrogen) atoms. The van der Waals surface area contributed by atoms with Gasteiger partial charge < -0.3 is 36.8 Å². The van der Waals surface area contributed by atoms with Gasteiger partial charge in [-0.2, -0.15) is 13.2 Å². The van der Waals surface area contributed by atoms with Crippen LogP contribution < -0.4 is 16.4 Å². The van der Waals surface area contributed by atoms with Crippen LogP contribution in [-0.4, -0.2) is 75.5 Å². The van der Waals surface area contributed by atoms with Crippen LogP contribution in [0.25, 0.3) is 0 Å². The van der Waals surface area contributed by atoms with Gasteiger partial charge in [-0.25, -0.2) is 29.3 Å². The van der Waals surface area contributed by atoms with Crippen LogP contribution >= 0.6 is 0 Å². The van der Waals surface area contributed by atoms with E-state index in [9.17, 15) is 27.6 Å². The summed E-state index contributed by atoms with van der Waals surface area (Å²) in [4.78, 5) is 41.6. The number of carboxylic acids is 2. The summed E-state index contributed by atoms with van der Waals surface area (Å²) in [6.07, 6.45) is -0.329. The number of alkyl carbamates (subject to hydrolysis) is 1. The fraction of sp³-hybridized carbons (Fsp3) is 0.444. The van der Waals surface area contributed by atoms with Crippen LogP contribution in [0.1, 0.15) is 25.6 Å². The normalized spacial score (nSPS) is 11.0. The fourth-order valence-electron chi connectivity index (χ4n) is 1.86.